The van der Waals surface area contributed by atoms with E-state index in [1.165, 1.54) is 19.3 Å². The summed E-state index contributed by atoms with van der Waals surface area (Å²) in [6.45, 7) is 5.73. The first-order chi connectivity index (χ1) is 7.97. The molecule has 2 unspecified atom stereocenters. The predicted octanol–water partition coefficient (Wildman–Crippen LogP) is 1.10. The number of likely N-dealkylation sites (N-methyl/N-ethyl adjacent to an activating group) is 1. The molecule has 4 nitrogen and oxygen atoms in total. The van der Waals surface area contributed by atoms with E-state index in [0.29, 0.717) is 6.04 Å². The fraction of sp³-hybridized carbons (Fsp3) is 0.923. The van der Waals surface area contributed by atoms with E-state index < -0.39 is 5.54 Å². The molecular formula is C13H27N3O. The molecule has 0 spiro atoms. The Hall–Kier alpha value is -0.610. The lowest BCUT2D eigenvalue weighted by molar-refractivity contribution is -0.126. The van der Waals surface area contributed by atoms with E-state index in [2.05, 4.69) is 17.3 Å². The molecule has 0 saturated carbocycles. The van der Waals surface area contributed by atoms with Crippen LogP contribution >= 0.6 is 0 Å². The molecule has 3 N–H and O–H groups in total. The topological polar surface area (TPSA) is 58.4 Å². The van der Waals surface area contributed by atoms with E-state index in [0.717, 1.165) is 25.9 Å². The number of nitrogens with zero attached hydrogens (tertiary/aromatic N) is 1. The van der Waals surface area contributed by atoms with E-state index in [1.54, 1.807) is 0 Å². The summed E-state index contributed by atoms with van der Waals surface area (Å²) < 4.78 is 0. The van der Waals surface area contributed by atoms with Gasteiger partial charge >= 0.3 is 0 Å². The van der Waals surface area contributed by atoms with Crippen LogP contribution < -0.4 is 11.1 Å². The molecule has 0 aromatic heterocycles. The van der Waals surface area contributed by atoms with Crippen LogP contribution in [0, 0.1) is 0 Å². The molecule has 17 heavy (non-hydrogen) atoms. The van der Waals surface area contributed by atoms with E-state index >= 15 is 0 Å². The fourth-order valence-electron chi connectivity index (χ4n) is 2.45. The number of hydrogen-bond acceptors (Lipinski definition) is 3. The van der Waals surface area contributed by atoms with E-state index in [9.17, 15) is 4.79 Å². The molecule has 4 heteroatoms. The molecule has 1 aliphatic rings. The largest absolute Gasteiger partial charge is 0.353 e. The van der Waals surface area contributed by atoms with Crippen LogP contribution in [-0.4, -0.2) is 42.5 Å². The molecule has 1 rings (SSSR count). The lowest BCUT2D eigenvalue weighted by Crippen LogP contribution is -2.54. The first kappa shape index (κ1) is 14.5. The van der Waals surface area contributed by atoms with Gasteiger partial charge in [0, 0.05) is 12.6 Å². The maximum absolute atomic E-state index is 11.9. The summed E-state index contributed by atoms with van der Waals surface area (Å²) in [4.78, 5) is 14.3. The van der Waals surface area contributed by atoms with Crippen LogP contribution in [0.2, 0.25) is 0 Å². The van der Waals surface area contributed by atoms with Crippen molar-refractivity contribution in [3.8, 4) is 0 Å². The Kier molecular flexibility index (Phi) is 5.40. The van der Waals surface area contributed by atoms with Crippen molar-refractivity contribution in [1.82, 2.24) is 10.2 Å². The van der Waals surface area contributed by atoms with Gasteiger partial charge < -0.3 is 16.0 Å². The van der Waals surface area contributed by atoms with Crippen molar-refractivity contribution in [3.63, 3.8) is 0 Å². The molecule has 1 amide bonds. The number of hydrogen-bond donors (Lipinski definition) is 2. The molecule has 2 atom stereocenters. The summed E-state index contributed by atoms with van der Waals surface area (Å²) in [6, 6.07) is 0.477. The zero-order chi connectivity index (χ0) is 12.9. The van der Waals surface area contributed by atoms with E-state index in [1.807, 2.05) is 13.8 Å². The fourth-order valence-corrected chi connectivity index (χ4v) is 2.45. The highest BCUT2D eigenvalue weighted by atomic mass is 16.2. The van der Waals surface area contributed by atoms with Crippen LogP contribution in [-0.2, 0) is 4.79 Å². The quantitative estimate of drug-likeness (QED) is 0.758. The van der Waals surface area contributed by atoms with Gasteiger partial charge in [-0.25, -0.2) is 0 Å². The molecule has 0 bridgehead atoms. The lowest BCUT2D eigenvalue weighted by Gasteiger charge is -2.33. The Morgan fingerprint density at radius 1 is 1.53 bits per heavy atom. The maximum Gasteiger partial charge on any atom is 0.239 e. The summed E-state index contributed by atoms with van der Waals surface area (Å²) >= 11 is 0. The highest BCUT2D eigenvalue weighted by molar-refractivity contribution is 5.85. The monoisotopic (exact) mass is 241 g/mol. The normalized spacial score (nSPS) is 25.3. The lowest BCUT2D eigenvalue weighted by atomic mass is 9.96. The number of likely N-dealkylation sites (tertiary alicyclic amines) is 1. The van der Waals surface area contributed by atoms with Crippen LogP contribution in [0.4, 0.5) is 0 Å². The highest BCUT2D eigenvalue weighted by Crippen LogP contribution is 2.14. The van der Waals surface area contributed by atoms with Crippen molar-refractivity contribution in [2.45, 2.75) is 57.5 Å². The molecule has 1 aliphatic heterocycles. The van der Waals surface area contributed by atoms with Gasteiger partial charge in [0.15, 0.2) is 0 Å². The zero-order valence-electron chi connectivity index (χ0n) is 11.5. The molecule has 100 valence electrons. The van der Waals surface area contributed by atoms with Crippen molar-refractivity contribution >= 4 is 5.91 Å². The number of piperidine rings is 1. The molecule has 0 aromatic carbocycles. The van der Waals surface area contributed by atoms with Crippen molar-refractivity contribution in [1.29, 1.82) is 0 Å². The molecule has 0 aromatic rings. The number of carbonyl (C=O) groups excluding carboxylic acids is 1. The van der Waals surface area contributed by atoms with Crippen LogP contribution in [0.25, 0.3) is 0 Å². The second-order valence-electron chi connectivity index (χ2n) is 5.51. The molecule has 1 heterocycles. The van der Waals surface area contributed by atoms with Gasteiger partial charge in [-0.3, -0.25) is 4.79 Å². The summed E-state index contributed by atoms with van der Waals surface area (Å²) in [5, 5.41) is 3.00. The zero-order valence-corrected chi connectivity index (χ0v) is 11.5. The van der Waals surface area contributed by atoms with Gasteiger partial charge in [-0.15, -0.1) is 0 Å². The molecular weight excluding hydrogens is 214 g/mol. The van der Waals surface area contributed by atoms with Crippen molar-refractivity contribution in [2.24, 2.45) is 5.73 Å². The Morgan fingerprint density at radius 2 is 2.24 bits per heavy atom. The SMILES string of the molecule is CCCC(C)(N)C(=O)NCC1CCCCN1C. The minimum atomic E-state index is -0.720. The van der Waals surface area contributed by atoms with Crippen LogP contribution in [0.15, 0.2) is 0 Å². The number of amides is 1. The second kappa shape index (κ2) is 6.36. The van der Waals surface area contributed by atoms with Gasteiger partial charge in [0.25, 0.3) is 0 Å². The molecule has 0 radical (unpaired) electrons. The summed E-state index contributed by atoms with van der Waals surface area (Å²) in [5.74, 6) is -0.0154. The van der Waals surface area contributed by atoms with Gasteiger partial charge in [0.2, 0.25) is 5.91 Å². The molecule has 1 fully saturated rings. The van der Waals surface area contributed by atoms with E-state index in [-0.39, 0.29) is 5.91 Å². The predicted molar refractivity (Wildman–Crippen MR) is 70.8 cm³/mol. The van der Waals surface area contributed by atoms with Gasteiger partial charge in [0.1, 0.15) is 0 Å². The van der Waals surface area contributed by atoms with Gasteiger partial charge in [-0.1, -0.05) is 19.8 Å². The Labute approximate surface area is 105 Å². The minimum absolute atomic E-state index is 0.0154. The third-order valence-corrected chi connectivity index (χ3v) is 3.71. The van der Waals surface area contributed by atoms with Gasteiger partial charge in [-0.05, 0) is 39.8 Å². The van der Waals surface area contributed by atoms with Crippen LogP contribution in [0.5, 0.6) is 0 Å². The number of carbonyl (C=O) groups is 1. The van der Waals surface area contributed by atoms with Crippen molar-refractivity contribution < 1.29 is 4.79 Å². The van der Waals surface area contributed by atoms with Gasteiger partial charge in [0.05, 0.1) is 5.54 Å². The minimum Gasteiger partial charge on any atom is -0.353 e. The first-order valence-corrected chi connectivity index (χ1v) is 6.75. The maximum atomic E-state index is 11.9. The van der Waals surface area contributed by atoms with Crippen molar-refractivity contribution in [2.75, 3.05) is 20.1 Å². The Balaban J connectivity index is 2.36. The summed E-state index contributed by atoms with van der Waals surface area (Å²) in [7, 11) is 2.13. The van der Waals surface area contributed by atoms with E-state index in [4.69, 9.17) is 5.73 Å². The highest BCUT2D eigenvalue weighted by Gasteiger charge is 2.28. The van der Waals surface area contributed by atoms with Crippen molar-refractivity contribution in [3.05, 3.63) is 0 Å². The standard InChI is InChI=1S/C13H27N3O/c1-4-8-13(2,14)12(17)15-10-11-7-5-6-9-16(11)3/h11H,4-10,14H2,1-3H3,(H,15,17). The average molecular weight is 241 g/mol. The summed E-state index contributed by atoms with van der Waals surface area (Å²) in [6.07, 6.45) is 5.38. The molecule has 1 saturated heterocycles. The Bertz CT molecular complexity index is 253. The molecule has 0 aliphatic carbocycles. The third kappa shape index (κ3) is 4.28. The summed E-state index contributed by atoms with van der Waals surface area (Å²) in [5.41, 5.74) is 5.28. The third-order valence-electron chi connectivity index (χ3n) is 3.71. The van der Waals surface area contributed by atoms with Crippen LogP contribution in [0.1, 0.15) is 46.0 Å². The van der Waals surface area contributed by atoms with Gasteiger partial charge in [-0.2, -0.15) is 0 Å². The number of nitrogens with one attached hydrogen (secondary N) is 1. The number of rotatable bonds is 5. The van der Waals surface area contributed by atoms with Crippen LogP contribution in [0.3, 0.4) is 0 Å². The second-order valence-corrected chi connectivity index (χ2v) is 5.51. The Morgan fingerprint density at radius 3 is 2.82 bits per heavy atom. The first-order valence-electron chi connectivity index (χ1n) is 6.75. The number of nitrogens with two attached hydrogens (primary N) is 1. The average Bonchev–Trinajstić information content (AvgIpc) is 2.27. The smallest absolute Gasteiger partial charge is 0.239 e.